The molecule has 0 bridgehead atoms. The van der Waals surface area contributed by atoms with E-state index < -0.39 is 5.97 Å². The van der Waals surface area contributed by atoms with Crippen molar-refractivity contribution in [3.8, 4) is 0 Å². The number of nitrogens with two attached hydrogens (primary N) is 1. The lowest BCUT2D eigenvalue weighted by atomic mass is 9.90. The largest absolute Gasteiger partial charge is 0.477 e. The fourth-order valence-corrected chi connectivity index (χ4v) is 3.13. The fraction of sp³-hybridized carbons (Fsp3) is 0.364. The predicted molar refractivity (Wildman–Crippen MR) is 64.2 cm³/mol. The summed E-state index contributed by atoms with van der Waals surface area (Å²) in [4.78, 5) is 11.9. The highest BCUT2D eigenvalue weighted by molar-refractivity contribution is 7.20. The zero-order chi connectivity index (χ0) is 12.0. The molecule has 0 saturated carbocycles. The van der Waals surface area contributed by atoms with Crippen molar-refractivity contribution in [2.45, 2.75) is 25.3 Å². The first kappa shape index (κ1) is 10.6. The number of carbonyl (C=O) groups is 1. The van der Waals surface area contributed by atoms with Crippen molar-refractivity contribution < 1.29 is 9.90 Å². The highest BCUT2D eigenvalue weighted by Gasteiger charge is 2.23. The Bertz CT molecular complexity index is 608. The van der Waals surface area contributed by atoms with Crippen molar-refractivity contribution in [2.75, 3.05) is 0 Å². The van der Waals surface area contributed by atoms with Gasteiger partial charge in [0, 0.05) is 17.0 Å². The van der Waals surface area contributed by atoms with Crippen LogP contribution < -0.4 is 5.73 Å². The first-order valence-corrected chi connectivity index (χ1v) is 6.26. The molecule has 1 unspecified atom stereocenters. The predicted octanol–water partition coefficient (Wildman–Crippen LogP) is 1.73. The first-order valence-electron chi connectivity index (χ1n) is 5.44. The van der Waals surface area contributed by atoms with Gasteiger partial charge in [0.15, 0.2) is 0 Å². The SMILES string of the molecule is NC1CCCc2nnc3sc(C(=O)O)cc3c21. The van der Waals surface area contributed by atoms with Crippen molar-refractivity contribution in [1.29, 1.82) is 0 Å². The van der Waals surface area contributed by atoms with Gasteiger partial charge in [0.05, 0.1) is 5.69 Å². The maximum Gasteiger partial charge on any atom is 0.345 e. The van der Waals surface area contributed by atoms with Crippen molar-refractivity contribution >= 4 is 27.5 Å². The molecule has 0 spiro atoms. The molecule has 2 aromatic heterocycles. The summed E-state index contributed by atoms with van der Waals surface area (Å²) in [6.45, 7) is 0. The highest BCUT2D eigenvalue weighted by Crippen LogP contribution is 2.35. The quantitative estimate of drug-likeness (QED) is 0.803. The Hall–Kier alpha value is -1.53. The second kappa shape index (κ2) is 3.75. The van der Waals surface area contributed by atoms with Crippen molar-refractivity contribution in [1.82, 2.24) is 10.2 Å². The third kappa shape index (κ3) is 1.60. The molecule has 88 valence electrons. The van der Waals surface area contributed by atoms with Crippen LogP contribution in [0.3, 0.4) is 0 Å². The lowest BCUT2D eigenvalue weighted by Gasteiger charge is -2.21. The summed E-state index contributed by atoms with van der Waals surface area (Å²) >= 11 is 1.15. The summed E-state index contributed by atoms with van der Waals surface area (Å²) < 4.78 is 0. The minimum Gasteiger partial charge on any atom is -0.477 e. The van der Waals surface area contributed by atoms with Crippen LogP contribution in [0.15, 0.2) is 6.07 Å². The van der Waals surface area contributed by atoms with Crippen LogP contribution in [0, 0.1) is 0 Å². The molecule has 2 aromatic rings. The molecule has 1 aliphatic carbocycles. The van der Waals surface area contributed by atoms with E-state index in [9.17, 15) is 4.79 Å². The molecule has 3 N–H and O–H groups in total. The molecule has 17 heavy (non-hydrogen) atoms. The second-order valence-corrected chi connectivity index (χ2v) is 5.22. The molecule has 2 heterocycles. The maximum atomic E-state index is 11.0. The van der Waals surface area contributed by atoms with E-state index in [0.29, 0.717) is 9.71 Å². The average Bonchev–Trinajstić information content (AvgIpc) is 2.73. The summed E-state index contributed by atoms with van der Waals surface area (Å²) in [6, 6.07) is 1.62. The van der Waals surface area contributed by atoms with Crippen LogP contribution in [-0.4, -0.2) is 21.3 Å². The van der Waals surface area contributed by atoms with Crippen LogP contribution in [0.4, 0.5) is 0 Å². The first-order chi connectivity index (χ1) is 8.16. The van der Waals surface area contributed by atoms with Gasteiger partial charge in [-0.3, -0.25) is 0 Å². The number of hydrogen-bond acceptors (Lipinski definition) is 5. The monoisotopic (exact) mass is 249 g/mol. The molecular weight excluding hydrogens is 238 g/mol. The van der Waals surface area contributed by atoms with Gasteiger partial charge in [-0.2, -0.15) is 5.10 Å². The van der Waals surface area contributed by atoms with Crippen LogP contribution in [0.2, 0.25) is 0 Å². The number of thiophene rings is 1. The Morgan fingerprint density at radius 2 is 2.35 bits per heavy atom. The van der Waals surface area contributed by atoms with Crippen LogP contribution in [0.25, 0.3) is 10.2 Å². The summed E-state index contributed by atoms with van der Waals surface area (Å²) in [5.41, 5.74) is 8.00. The van der Waals surface area contributed by atoms with Gasteiger partial charge >= 0.3 is 5.97 Å². The molecule has 0 saturated heterocycles. The van der Waals surface area contributed by atoms with E-state index in [4.69, 9.17) is 10.8 Å². The Morgan fingerprint density at radius 1 is 1.53 bits per heavy atom. The number of aromatic nitrogens is 2. The number of nitrogens with zero attached hydrogens (tertiary/aromatic N) is 2. The van der Waals surface area contributed by atoms with Gasteiger partial charge < -0.3 is 10.8 Å². The Balaban J connectivity index is 2.29. The lowest BCUT2D eigenvalue weighted by Crippen LogP contribution is -2.19. The van der Waals surface area contributed by atoms with Gasteiger partial charge in [0.1, 0.15) is 9.71 Å². The molecule has 3 rings (SSSR count). The summed E-state index contributed by atoms with van der Waals surface area (Å²) in [5.74, 6) is -0.925. The molecule has 6 heteroatoms. The van der Waals surface area contributed by atoms with Crippen LogP contribution in [0.1, 0.15) is 39.8 Å². The topological polar surface area (TPSA) is 89.1 Å². The zero-order valence-electron chi connectivity index (χ0n) is 9.01. The molecule has 0 fully saturated rings. The Morgan fingerprint density at radius 3 is 3.12 bits per heavy atom. The number of aromatic carboxylic acids is 1. The second-order valence-electron chi connectivity index (χ2n) is 4.19. The normalized spacial score (nSPS) is 19.2. The molecule has 1 atom stereocenters. The van der Waals surface area contributed by atoms with Crippen molar-refractivity contribution in [3.63, 3.8) is 0 Å². The highest BCUT2D eigenvalue weighted by atomic mass is 32.1. The van der Waals surface area contributed by atoms with Gasteiger partial charge in [0.25, 0.3) is 0 Å². The van der Waals surface area contributed by atoms with Crippen LogP contribution >= 0.6 is 11.3 Å². The molecule has 0 radical (unpaired) electrons. The number of carboxylic acids is 1. The third-order valence-corrected chi connectivity index (χ3v) is 4.09. The minimum atomic E-state index is -0.925. The van der Waals surface area contributed by atoms with Crippen LogP contribution in [-0.2, 0) is 6.42 Å². The van der Waals surface area contributed by atoms with Crippen LogP contribution in [0.5, 0.6) is 0 Å². The molecule has 0 aromatic carbocycles. The Labute approximate surface area is 101 Å². The minimum absolute atomic E-state index is 0.0482. The van der Waals surface area contributed by atoms with Crippen molar-refractivity contribution in [2.24, 2.45) is 5.73 Å². The maximum absolute atomic E-state index is 11.0. The van der Waals surface area contributed by atoms with E-state index in [1.165, 1.54) is 0 Å². The number of rotatable bonds is 1. The molecule has 1 aliphatic rings. The van der Waals surface area contributed by atoms with E-state index in [1.54, 1.807) is 6.07 Å². The van der Waals surface area contributed by atoms with Crippen molar-refractivity contribution in [3.05, 3.63) is 22.2 Å². The number of carboxylic acid groups (broad SMARTS) is 1. The van der Waals surface area contributed by atoms with Gasteiger partial charge in [0.2, 0.25) is 0 Å². The number of hydrogen-bond donors (Lipinski definition) is 2. The third-order valence-electron chi connectivity index (χ3n) is 3.09. The van der Waals surface area contributed by atoms with Gasteiger partial charge in [-0.15, -0.1) is 16.4 Å². The summed E-state index contributed by atoms with van der Waals surface area (Å²) in [7, 11) is 0. The van der Waals surface area contributed by atoms with Gasteiger partial charge in [-0.25, -0.2) is 4.79 Å². The molecule has 5 nitrogen and oxygen atoms in total. The van der Waals surface area contributed by atoms with Gasteiger partial charge in [-0.1, -0.05) is 0 Å². The number of fused-ring (bicyclic) bond motifs is 3. The molecular formula is C11H11N3O2S. The molecule has 0 amide bonds. The Kier molecular flexibility index (Phi) is 2.34. The summed E-state index contributed by atoms with van der Waals surface area (Å²) in [5, 5.41) is 18.1. The van der Waals surface area contributed by atoms with Gasteiger partial charge in [-0.05, 0) is 25.3 Å². The van der Waals surface area contributed by atoms with E-state index in [2.05, 4.69) is 10.2 Å². The molecule has 0 aliphatic heterocycles. The van der Waals surface area contributed by atoms with E-state index in [1.807, 2.05) is 0 Å². The average molecular weight is 249 g/mol. The lowest BCUT2D eigenvalue weighted by molar-refractivity contribution is 0.0702. The summed E-state index contributed by atoms with van der Waals surface area (Å²) in [6.07, 6.45) is 2.82. The van der Waals surface area contributed by atoms with E-state index >= 15 is 0 Å². The van der Waals surface area contributed by atoms with E-state index in [0.717, 1.165) is 47.2 Å². The smallest absolute Gasteiger partial charge is 0.345 e. The standard InChI is InChI=1S/C11H11N3O2S/c12-6-2-1-3-7-9(6)5-4-8(11(15)16)17-10(5)14-13-7/h4,6H,1-3,12H2,(H,15,16). The fourth-order valence-electron chi connectivity index (χ4n) is 2.30. The number of aryl methyl sites for hydroxylation is 1. The zero-order valence-corrected chi connectivity index (χ0v) is 9.83. The van der Waals surface area contributed by atoms with E-state index in [-0.39, 0.29) is 6.04 Å².